The minimum absolute atomic E-state index is 0.0186. The molecule has 0 saturated heterocycles. The summed E-state index contributed by atoms with van der Waals surface area (Å²) in [6.45, 7) is 0.312. The molecule has 0 bridgehead atoms. The number of furan rings is 1. The first-order valence-electron chi connectivity index (χ1n) is 7.97. The van der Waals surface area contributed by atoms with E-state index in [1.165, 1.54) is 0 Å². The van der Waals surface area contributed by atoms with Crippen LogP contribution in [0.5, 0.6) is 0 Å². The molecule has 4 aromatic rings. The second-order valence-electron chi connectivity index (χ2n) is 5.77. The van der Waals surface area contributed by atoms with Crippen LogP contribution in [0, 0.1) is 11.6 Å². The molecule has 1 N–H and O–H groups in total. The molecule has 1 aromatic carbocycles. The summed E-state index contributed by atoms with van der Waals surface area (Å²) < 4.78 is 62.1. The quantitative estimate of drug-likeness (QED) is 0.547. The molecule has 3 heterocycles. The van der Waals surface area contributed by atoms with Crippen LogP contribution in [-0.2, 0) is 16.6 Å². The van der Waals surface area contributed by atoms with E-state index in [1.54, 1.807) is 39.9 Å². The minimum Gasteiger partial charge on any atom is -0.463 e. The molecule has 4 rings (SSSR count). The highest BCUT2D eigenvalue weighted by molar-refractivity contribution is 7.89. The first-order chi connectivity index (χ1) is 12.9. The van der Waals surface area contributed by atoms with E-state index in [9.17, 15) is 17.2 Å². The van der Waals surface area contributed by atoms with E-state index in [1.807, 2.05) is 6.07 Å². The number of aromatic nitrogens is 3. The molecule has 27 heavy (non-hydrogen) atoms. The maximum Gasteiger partial charge on any atom is 0.243 e. The van der Waals surface area contributed by atoms with E-state index in [2.05, 4.69) is 9.82 Å². The number of nitrogens with zero attached hydrogens (tertiary/aromatic N) is 3. The Morgan fingerprint density at radius 1 is 1.15 bits per heavy atom. The summed E-state index contributed by atoms with van der Waals surface area (Å²) in [5.41, 5.74) is 1.40. The van der Waals surface area contributed by atoms with Crippen molar-refractivity contribution in [2.24, 2.45) is 0 Å². The van der Waals surface area contributed by atoms with Crippen LogP contribution < -0.4 is 4.72 Å². The van der Waals surface area contributed by atoms with Gasteiger partial charge in [0, 0.05) is 37.6 Å². The zero-order valence-electron chi connectivity index (χ0n) is 13.8. The fourth-order valence-corrected chi connectivity index (χ4v) is 3.81. The Hall–Kier alpha value is -2.98. The van der Waals surface area contributed by atoms with Gasteiger partial charge in [-0.2, -0.15) is 5.10 Å². The molecule has 0 unspecified atom stereocenters. The van der Waals surface area contributed by atoms with Gasteiger partial charge in [-0.05, 0) is 24.3 Å². The lowest BCUT2D eigenvalue weighted by Crippen LogP contribution is -2.28. The second kappa shape index (κ2) is 6.63. The van der Waals surface area contributed by atoms with Crippen molar-refractivity contribution in [1.82, 2.24) is 18.9 Å². The summed E-state index contributed by atoms with van der Waals surface area (Å²) in [6.07, 6.45) is 5.04. The summed E-state index contributed by atoms with van der Waals surface area (Å²) in [7, 11) is -4.09. The maximum absolute atomic E-state index is 13.7. The van der Waals surface area contributed by atoms with Crippen molar-refractivity contribution < 1.29 is 21.6 Å². The smallest absolute Gasteiger partial charge is 0.243 e. The van der Waals surface area contributed by atoms with Gasteiger partial charge in [0.25, 0.3) is 0 Å². The van der Waals surface area contributed by atoms with Crippen molar-refractivity contribution in [3.05, 3.63) is 66.7 Å². The van der Waals surface area contributed by atoms with Crippen molar-refractivity contribution in [1.29, 1.82) is 0 Å². The molecule has 3 aromatic heterocycles. The summed E-state index contributed by atoms with van der Waals surface area (Å²) in [4.78, 5) is -0.592. The lowest BCUT2D eigenvalue weighted by atomic mass is 10.3. The molecule has 10 heteroatoms. The third-order valence-electron chi connectivity index (χ3n) is 4.00. The molecule has 0 aliphatic carbocycles. The first kappa shape index (κ1) is 17.4. The van der Waals surface area contributed by atoms with Gasteiger partial charge in [-0.25, -0.2) is 26.4 Å². The van der Waals surface area contributed by atoms with E-state index >= 15 is 0 Å². The summed E-state index contributed by atoms with van der Waals surface area (Å²) >= 11 is 0. The molecule has 7 nitrogen and oxygen atoms in total. The number of hydrogen-bond donors (Lipinski definition) is 1. The van der Waals surface area contributed by atoms with Crippen LogP contribution in [0.2, 0.25) is 0 Å². The van der Waals surface area contributed by atoms with Gasteiger partial charge in [0.05, 0.1) is 6.26 Å². The fourth-order valence-electron chi connectivity index (χ4n) is 2.73. The van der Waals surface area contributed by atoms with Gasteiger partial charge in [-0.15, -0.1) is 0 Å². The molecule has 0 fully saturated rings. The number of rotatable bonds is 6. The first-order valence-corrected chi connectivity index (χ1v) is 9.45. The lowest BCUT2D eigenvalue weighted by Gasteiger charge is -2.08. The fraction of sp³-hybridized carbons (Fsp3) is 0.118. The molecule has 0 saturated carbocycles. The van der Waals surface area contributed by atoms with E-state index in [-0.39, 0.29) is 6.54 Å². The second-order valence-corrected chi connectivity index (χ2v) is 7.51. The number of fused-ring (bicyclic) bond motifs is 1. The maximum atomic E-state index is 13.7. The Morgan fingerprint density at radius 3 is 2.74 bits per heavy atom. The van der Waals surface area contributed by atoms with Gasteiger partial charge >= 0.3 is 0 Å². The summed E-state index contributed by atoms with van der Waals surface area (Å²) in [5.74, 6) is -1.35. The SMILES string of the molecule is O=S(=O)(NCCn1ccn2nc(-c3ccco3)cc12)c1ccc(F)cc1F. The van der Waals surface area contributed by atoms with Gasteiger partial charge in [-0.3, -0.25) is 0 Å². The molecule has 0 aliphatic heterocycles. The molecule has 0 aliphatic rings. The monoisotopic (exact) mass is 392 g/mol. The van der Waals surface area contributed by atoms with Crippen molar-refractivity contribution in [2.45, 2.75) is 11.4 Å². The largest absolute Gasteiger partial charge is 0.463 e. The van der Waals surface area contributed by atoms with Crippen molar-refractivity contribution >= 4 is 15.7 Å². The van der Waals surface area contributed by atoms with E-state index in [4.69, 9.17) is 4.42 Å². The van der Waals surface area contributed by atoms with Crippen LogP contribution in [0.25, 0.3) is 17.1 Å². The van der Waals surface area contributed by atoms with Crippen LogP contribution in [0.1, 0.15) is 0 Å². The highest BCUT2D eigenvalue weighted by Gasteiger charge is 2.19. The molecule has 0 spiro atoms. The highest BCUT2D eigenvalue weighted by atomic mass is 32.2. The van der Waals surface area contributed by atoms with Crippen molar-refractivity contribution in [2.75, 3.05) is 6.54 Å². The predicted octanol–water partition coefficient (Wildman–Crippen LogP) is 2.65. The number of nitrogens with one attached hydrogen (secondary N) is 1. The number of benzene rings is 1. The highest BCUT2D eigenvalue weighted by Crippen LogP contribution is 2.20. The van der Waals surface area contributed by atoms with Crippen LogP contribution in [-0.4, -0.2) is 29.1 Å². The molecule has 140 valence electrons. The number of sulfonamides is 1. The van der Waals surface area contributed by atoms with Gasteiger partial charge in [0.15, 0.2) is 5.76 Å². The van der Waals surface area contributed by atoms with E-state index < -0.39 is 26.6 Å². The Balaban J connectivity index is 1.49. The normalized spacial score (nSPS) is 12.1. The number of imidazole rings is 1. The molecular weight excluding hydrogens is 378 g/mol. The van der Waals surface area contributed by atoms with Gasteiger partial charge in [0.2, 0.25) is 10.0 Å². The molecular formula is C17H14F2N4O3S. The third-order valence-corrected chi connectivity index (χ3v) is 5.49. The van der Waals surface area contributed by atoms with Crippen molar-refractivity contribution in [3.8, 4) is 11.5 Å². The third kappa shape index (κ3) is 3.36. The van der Waals surface area contributed by atoms with Gasteiger partial charge < -0.3 is 8.98 Å². The lowest BCUT2D eigenvalue weighted by molar-refractivity contribution is 0.540. The van der Waals surface area contributed by atoms with Crippen LogP contribution in [0.3, 0.4) is 0 Å². The average molecular weight is 392 g/mol. The molecule has 0 radical (unpaired) electrons. The number of halogens is 2. The summed E-state index contributed by atoms with van der Waals surface area (Å²) in [5, 5.41) is 4.38. The average Bonchev–Trinajstić information content (AvgIpc) is 3.31. The van der Waals surface area contributed by atoms with E-state index in [0.717, 1.165) is 17.8 Å². The molecule has 0 amide bonds. The standard InChI is InChI=1S/C17H14F2N4O3S/c18-12-3-4-16(13(19)10-12)27(24,25)20-5-6-22-7-8-23-17(22)11-14(21-23)15-2-1-9-26-15/h1-4,7-11,20H,5-6H2. The molecule has 0 atom stereocenters. The van der Waals surface area contributed by atoms with Gasteiger partial charge in [-0.1, -0.05) is 0 Å². The van der Waals surface area contributed by atoms with Crippen LogP contribution in [0.4, 0.5) is 8.78 Å². The minimum atomic E-state index is -4.09. The van der Waals surface area contributed by atoms with Crippen molar-refractivity contribution in [3.63, 3.8) is 0 Å². The Labute approximate surface area is 152 Å². The number of hydrogen-bond acceptors (Lipinski definition) is 4. The van der Waals surface area contributed by atoms with Gasteiger partial charge in [0.1, 0.15) is 27.9 Å². The van der Waals surface area contributed by atoms with Crippen LogP contribution in [0.15, 0.2) is 64.4 Å². The zero-order valence-corrected chi connectivity index (χ0v) is 14.7. The zero-order chi connectivity index (χ0) is 19.0. The Kier molecular flexibility index (Phi) is 4.28. The predicted molar refractivity (Wildman–Crippen MR) is 92.4 cm³/mol. The Bertz CT molecular complexity index is 1200. The van der Waals surface area contributed by atoms with Crippen LogP contribution >= 0.6 is 0 Å². The summed E-state index contributed by atoms with van der Waals surface area (Å²) in [6, 6.07) is 7.69. The van der Waals surface area contributed by atoms with E-state index in [0.29, 0.717) is 24.1 Å². The topological polar surface area (TPSA) is 81.5 Å². The Morgan fingerprint density at radius 2 is 2.00 bits per heavy atom.